The molecule has 1 aliphatic heterocycles. The zero-order valence-electron chi connectivity index (χ0n) is 13.6. The number of amides is 1. The van der Waals surface area contributed by atoms with Gasteiger partial charge in [-0.15, -0.1) is 11.3 Å². The summed E-state index contributed by atoms with van der Waals surface area (Å²) in [6.45, 7) is 2.28. The number of nitrogens with one attached hydrogen (secondary N) is 1. The van der Waals surface area contributed by atoms with Crippen LogP contribution in [0.25, 0.3) is 0 Å². The Morgan fingerprint density at radius 1 is 1.44 bits per heavy atom. The number of nitro groups is 1. The highest BCUT2D eigenvalue weighted by Crippen LogP contribution is 2.33. The van der Waals surface area contributed by atoms with Gasteiger partial charge in [0.25, 0.3) is 5.69 Å². The summed E-state index contributed by atoms with van der Waals surface area (Å²) in [5, 5.41) is 14.5. The average Bonchev–Trinajstić information content (AvgIpc) is 3.36. The van der Waals surface area contributed by atoms with E-state index in [1.54, 1.807) is 12.1 Å². The van der Waals surface area contributed by atoms with Gasteiger partial charge in [0.1, 0.15) is 0 Å². The molecular weight excluding hydrogens is 340 g/mol. The second-order valence-electron chi connectivity index (χ2n) is 6.54. The largest absolute Gasteiger partial charge is 0.302 e. The predicted octanol–water partition coefficient (Wildman–Crippen LogP) is 2.96. The number of hydrogen-bond donors (Lipinski definition) is 1. The highest BCUT2D eigenvalue weighted by Gasteiger charge is 2.30. The van der Waals surface area contributed by atoms with E-state index >= 15 is 0 Å². The van der Waals surface area contributed by atoms with Crippen LogP contribution in [0.4, 0.5) is 10.8 Å². The number of carbonyl (C=O) groups excluding carboxylic acids is 1. The van der Waals surface area contributed by atoms with Gasteiger partial charge in [-0.25, -0.2) is 4.98 Å². The Morgan fingerprint density at radius 3 is 3.04 bits per heavy atom. The van der Waals surface area contributed by atoms with Crippen LogP contribution in [0, 0.1) is 16.0 Å². The number of anilines is 1. The summed E-state index contributed by atoms with van der Waals surface area (Å²) < 4.78 is 0. The molecule has 0 bridgehead atoms. The molecule has 0 unspecified atom stereocenters. The fourth-order valence-corrected chi connectivity index (χ4v) is 4.07. The standard InChI is InChI=1S/C17H18N4O3S/c22-16(12-4-5-12)19-17-18-14-6-7-20(10-15(14)25-17)9-11-2-1-3-13(8-11)21(23)24/h1-3,8,12H,4-7,9-10H2,(H,18,19,22). The van der Waals surface area contributed by atoms with E-state index in [9.17, 15) is 14.9 Å². The van der Waals surface area contributed by atoms with Crippen LogP contribution in [0.5, 0.6) is 0 Å². The van der Waals surface area contributed by atoms with Gasteiger partial charge in [-0.05, 0) is 18.4 Å². The van der Waals surface area contributed by atoms with Crippen LogP contribution < -0.4 is 5.32 Å². The smallest absolute Gasteiger partial charge is 0.269 e. The lowest BCUT2D eigenvalue weighted by Crippen LogP contribution is -2.29. The third-order valence-electron chi connectivity index (χ3n) is 4.52. The average molecular weight is 358 g/mol. The fourth-order valence-electron chi connectivity index (χ4n) is 3.02. The van der Waals surface area contributed by atoms with E-state index in [4.69, 9.17) is 0 Å². The second kappa shape index (κ2) is 6.53. The van der Waals surface area contributed by atoms with E-state index in [1.807, 2.05) is 6.07 Å². The molecule has 1 N–H and O–H groups in total. The maximum absolute atomic E-state index is 11.9. The molecule has 4 rings (SSSR count). The molecule has 0 saturated heterocycles. The Morgan fingerprint density at radius 2 is 2.28 bits per heavy atom. The summed E-state index contributed by atoms with van der Waals surface area (Å²) in [7, 11) is 0. The van der Waals surface area contributed by atoms with Gasteiger partial charge in [0.15, 0.2) is 5.13 Å². The SMILES string of the molecule is O=C(Nc1nc2c(s1)CN(Cc1cccc([N+](=O)[O-])c1)CC2)C1CC1. The highest BCUT2D eigenvalue weighted by molar-refractivity contribution is 7.15. The lowest BCUT2D eigenvalue weighted by Gasteiger charge is -2.25. The van der Waals surface area contributed by atoms with Gasteiger partial charge < -0.3 is 5.32 Å². The molecule has 0 spiro atoms. The number of aromatic nitrogens is 1. The molecule has 2 aromatic rings. The van der Waals surface area contributed by atoms with Crippen LogP contribution >= 0.6 is 11.3 Å². The number of hydrogen-bond acceptors (Lipinski definition) is 6. The highest BCUT2D eigenvalue weighted by atomic mass is 32.1. The van der Waals surface area contributed by atoms with E-state index < -0.39 is 0 Å². The van der Waals surface area contributed by atoms with Gasteiger partial charge in [0.05, 0.1) is 10.6 Å². The Hall–Kier alpha value is -2.32. The van der Waals surface area contributed by atoms with Crippen molar-refractivity contribution in [2.75, 3.05) is 11.9 Å². The fraction of sp³-hybridized carbons (Fsp3) is 0.412. The topological polar surface area (TPSA) is 88.4 Å². The van der Waals surface area contributed by atoms with E-state index in [0.29, 0.717) is 11.7 Å². The lowest BCUT2D eigenvalue weighted by molar-refractivity contribution is -0.384. The maximum atomic E-state index is 11.9. The summed E-state index contributed by atoms with van der Waals surface area (Å²) in [6.07, 6.45) is 2.79. The van der Waals surface area contributed by atoms with Crippen molar-refractivity contribution in [2.24, 2.45) is 5.92 Å². The molecule has 0 atom stereocenters. The minimum atomic E-state index is -0.365. The van der Waals surface area contributed by atoms with Crippen molar-refractivity contribution in [3.05, 3.63) is 50.5 Å². The summed E-state index contributed by atoms with van der Waals surface area (Å²) in [6, 6.07) is 6.77. The van der Waals surface area contributed by atoms with E-state index in [1.165, 1.54) is 22.3 Å². The molecule has 1 amide bonds. The zero-order valence-corrected chi connectivity index (χ0v) is 14.4. The molecular formula is C17H18N4O3S. The van der Waals surface area contributed by atoms with Crippen LogP contribution in [0.15, 0.2) is 24.3 Å². The molecule has 0 radical (unpaired) electrons. The van der Waals surface area contributed by atoms with Crippen LogP contribution in [-0.2, 0) is 24.3 Å². The predicted molar refractivity (Wildman–Crippen MR) is 94.4 cm³/mol. The number of nitro benzene ring substituents is 1. The molecule has 7 nitrogen and oxygen atoms in total. The van der Waals surface area contributed by atoms with Gasteiger partial charge in [-0.1, -0.05) is 12.1 Å². The molecule has 130 valence electrons. The third kappa shape index (κ3) is 3.69. The van der Waals surface area contributed by atoms with Crippen molar-refractivity contribution in [3.8, 4) is 0 Å². The number of fused-ring (bicyclic) bond motifs is 1. The van der Waals surface area contributed by atoms with Crippen molar-refractivity contribution < 1.29 is 9.72 Å². The molecule has 1 fully saturated rings. The van der Waals surface area contributed by atoms with Gasteiger partial charge >= 0.3 is 0 Å². The Balaban J connectivity index is 1.42. The van der Waals surface area contributed by atoms with Crippen molar-refractivity contribution in [1.82, 2.24) is 9.88 Å². The molecule has 1 aliphatic carbocycles. The van der Waals surface area contributed by atoms with E-state index in [0.717, 1.165) is 43.6 Å². The second-order valence-corrected chi connectivity index (χ2v) is 7.62. The van der Waals surface area contributed by atoms with Gasteiger partial charge in [0, 0.05) is 49.0 Å². The lowest BCUT2D eigenvalue weighted by atomic mass is 10.1. The number of benzene rings is 1. The first-order valence-electron chi connectivity index (χ1n) is 8.33. The Labute approximate surface area is 148 Å². The minimum Gasteiger partial charge on any atom is -0.302 e. The van der Waals surface area contributed by atoms with Crippen molar-refractivity contribution in [1.29, 1.82) is 0 Å². The van der Waals surface area contributed by atoms with Crippen LogP contribution in [0.3, 0.4) is 0 Å². The summed E-state index contributed by atoms with van der Waals surface area (Å²) >= 11 is 1.54. The summed E-state index contributed by atoms with van der Waals surface area (Å²) in [5.74, 6) is 0.255. The molecule has 1 aromatic heterocycles. The van der Waals surface area contributed by atoms with Crippen molar-refractivity contribution >= 4 is 28.1 Å². The molecule has 1 aromatic carbocycles. The van der Waals surface area contributed by atoms with E-state index in [-0.39, 0.29) is 22.4 Å². The number of nitrogens with zero attached hydrogens (tertiary/aromatic N) is 3. The Kier molecular flexibility index (Phi) is 4.22. The number of thiazole rings is 1. The van der Waals surface area contributed by atoms with Gasteiger partial charge in [-0.2, -0.15) is 0 Å². The minimum absolute atomic E-state index is 0.0829. The van der Waals surface area contributed by atoms with Crippen molar-refractivity contribution in [3.63, 3.8) is 0 Å². The number of rotatable bonds is 5. The van der Waals surface area contributed by atoms with Crippen LogP contribution in [0.2, 0.25) is 0 Å². The molecule has 2 heterocycles. The van der Waals surface area contributed by atoms with Gasteiger partial charge in [-0.3, -0.25) is 19.8 Å². The first-order valence-corrected chi connectivity index (χ1v) is 9.15. The zero-order chi connectivity index (χ0) is 17.4. The molecule has 25 heavy (non-hydrogen) atoms. The number of non-ortho nitro benzene ring substituents is 1. The van der Waals surface area contributed by atoms with Crippen LogP contribution in [0.1, 0.15) is 29.0 Å². The first-order chi connectivity index (χ1) is 12.1. The quantitative estimate of drug-likeness (QED) is 0.656. The molecule has 1 saturated carbocycles. The first kappa shape index (κ1) is 16.2. The maximum Gasteiger partial charge on any atom is 0.269 e. The van der Waals surface area contributed by atoms with Crippen LogP contribution in [-0.4, -0.2) is 27.3 Å². The third-order valence-corrected chi connectivity index (χ3v) is 5.51. The molecule has 2 aliphatic rings. The molecule has 8 heteroatoms. The summed E-state index contributed by atoms with van der Waals surface area (Å²) in [4.78, 5) is 30.4. The monoisotopic (exact) mass is 358 g/mol. The normalized spacial score (nSPS) is 17.1. The van der Waals surface area contributed by atoms with E-state index in [2.05, 4.69) is 15.2 Å². The van der Waals surface area contributed by atoms with Crippen molar-refractivity contribution in [2.45, 2.75) is 32.4 Å². The Bertz CT molecular complexity index is 831. The summed E-state index contributed by atoms with van der Waals surface area (Å²) in [5.41, 5.74) is 2.12. The van der Waals surface area contributed by atoms with Gasteiger partial charge in [0.2, 0.25) is 5.91 Å². The number of carbonyl (C=O) groups is 1.